The second kappa shape index (κ2) is 4.11. The number of hydrogen-bond acceptors (Lipinski definition) is 6. The molecule has 0 aliphatic carbocycles. The van der Waals surface area contributed by atoms with E-state index in [-0.39, 0.29) is 19.1 Å². The zero-order valence-electron chi connectivity index (χ0n) is 9.34. The highest BCUT2D eigenvalue weighted by molar-refractivity contribution is 5.99. The number of carbonyl (C=O) groups is 1. The number of benzene rings is 1. The number of nitrogens with one attached hydrogen (secondary N) is 1. The van der Waals surface area contributed by atoms with Crippen LogP contribution in [0.3, 0.4) is 0 Å². The molecule has 0 saturated carbocycles. The molecule has 1 aromatic heterocycles. The molecule has 0 fully saturated rings. The van der Waals surface area contributed by atoms with Gasteiger partial charge in [-0.25, -0.2) is 0 Å². The van der Waals surface area contributed by atoms with Crippen molar-refractivity contribution in [2.24, 2.45) is 5.73 Å². The van der Waals surface area contributed by atoms with Gasteiger partial charge in [0.25, 0.3) is 5.91 Å². The van der Waals surface area contributed by atoms with E-state index in [9.17, 15) is 4.79 Å². The van der Waals surface area contributed by atoms with E-state index >= 15 is 0 Å². The first-order chi connectivity index (χ1) is 8.78. The molecule has 2 heterocycles. The molecule has 7 heteroatoms. The van der Waals surface area contributed by atoms with Crippen molar-refractivity contribution in [2.45, 2.75) is 6.54 Å². The van der Waals surface area contributed by atoms with E-state index in [0.717, 1.165) is 0 Å². The number of fused-ring (bicyclic) bond motifs is 1. The molecule has 1 aliphatic heterocycles. The number of para-hydroxylation sites is 1. The number of hydrogen-bond donors (Lipinski definition) is 2. The maximum Gasteiger partial charge on any atom is 0.262 e. The second-order valence-electron chi connectivity index (χ2n) is 3.73. The molecule has 1 aromatic carbocycles. The van der Waals surface area contributed by atoms with Gasteiger partial charge in [0.05, 0.1) is 17.8 Å². The Morgan fingerprint density at radius 2 is 2.33 bits per heavy atom. The van der Waals surface area contributed by atoms with Gasteiger partial charge in [0, 0.05) is 0 Å². The summed E-state index contributed by atoms with van der Waals surface area (Å²) >= 11 is 0. The highest BCUT2D eigenvalue weighted by Crippen LogP contribution is 2.36. The maximum atomic E-state index is 11.4. The normalized spacial score (nSPS) is 13.7. The van der Waals surface area contributed by atoms with Crippen LogP contribution in [0, 0.1) is 0 Å². The summed E-state index contributed by atoms with van der Waals surface area (Å²) in [6, 6.07) is 5.34. The molecule has 0 bridgehead atoms. The van der Waals surface area contributed by atoms with E-state index in [2.05, 4.69) is 15.5 Å². The monoisotopic (exact) mass is 246 g/mol. The molecule has 0 unspecified atom stereocenters. The lowest BCUT2D eigenvalue weighted by atomic mass is 10.1. The maximum absolute atomic E-state index is 11.4. The van der Waals surface area contributed by atoms with Crippen molar-refractivity contribution in [2.75, 3.05) is 11.9 Å². The van der Waals surface area contributed by atoms with Gasteiger partial charge in [-0.05, 0) is 12.1 Å². The number of amides is 1. The minimum absolute atomic E-state index is 0.0107. The first-order valence-electron chi connectivity index (χ1n) is 5.36. The van der Waals surface area contributed by atoms with Crippen LogP contribution in [-0.2, 0) is 11.3 Å². The minimum Gasteiger partial charge on any atom is -0.482 e. The van der Waals surface area contributed by atoms with Crippen molar-refractivity contribution >= 4 is 11.6 Å². The number of anilines is 1. The third-order valence-electron chi connectivity index (χ3n) is 2.53. The molecule has 3 rings (SSSR count). The zero-order chi connectivity index (χ0) is 12.5. The first-order valence-corrected chi connectivity index (χ1v) is 5.36. The molecule has 2 aromatic rings. The van der Waals surface area contributed by atoms with Crippen LogP contribution in [0.5, 0.6) is 5.75 Å². The summed E-state index contributed by atoms with van der Waals surface area (Å²) in [5.74, 6) is 1.09. The SMILES string of the molecule is NCc1nc(-c2cccc3c2NC(=O)CO3)no1. The lowest BCUT2D eigenvalue weighted by Crippen LogP contribution is -2.25. The highest BCUT2D eigenvalue weighted by Gasteiger charge is 2.21. The number of nitrogens with two attached hydrogens (primary N) is 1. The van der Waals surface area contributed by atoms with Crippen LogP contribution in [0.1, 0.15) is 5.89 Å². The van der Waals surface area contributed by atoms with Crippen molar-refractivity contribution in [3.05, 3.63) is 24.1 Å². The quantitative estimate of drug-likeness (QED) is 0.800. The number of ether oxygens (including phenoxy) is 1. The van der Waals surface area contributed by atoms with Gasteiger partial charge in [-0.1, -0.05) is 11.2 Å². The fourth-order valence-electron chi connectivity index (χ4n) is 1.73. The number of rotatable bonds is 2. The molecular formula is C11H10N4O3. The fraction of sp³-hybridized carbons (Fsp3) is 0.182. The molecule has 3 N–H and O–H groups in total. The summed E-state index contributed by atoms with van der Waals surface area (Å²) in [5, 5.41) is 6.55. The van der Waals surface area contributed by atoms with Crippen molar-refractivity contribution in [1.29, 1.82) is 0 Å². The van der Waals surface area contributed by atoms with E-state index in [1.54, 1.807) is 18.2 Å². The summed E-state index contributed by atoms with van der Waals surface area (Å²) in [6.45, 7) is 0.182. The Balaban J connectivity index is 2.09. The van der Waals surface area contributed by atoms with Crippen LogP contribution < -0.4 is 15.8 Å². The zero-order valence-corrected chi connectivity index (χ0v) is 9.34. The second-order valence-corrected chi connectivity index (χ2v) is 3.73. The Morgan fingerprint density at radius 3 is 3.11 bits per heavy atom. The van der Waals surface area contributed by atoms with Crippen LogP contribution >= 0.6 is 0 Å². The van der Waals surface area contributed by atoms with E-state index in [1.165, 1.54) is 0 Å². The average Bonchev–Trinajstić information content (AvgIpc) is 2.86. The predicted octanol–water partition coefficient (Wildman–Crippen LogP) is 0.526. The molecule has 0 saturated heterocycles. The molecule has 1 aliphatic rings. The van der Waals surface area contributed by atoms with Gasteiger partial charge in [-0.3, -0.25) is 4.79 Å². The third kappa shape index (κ3) is 1.70. The van der Waals surface area contributed by atoms with Gasteiger partial charge >= 0.3 is 0 Å². The largest absolute Gasteiger partial charge is 0.482 e. The first kappa shape index (κ1) is 10.7. The van der Waals surface area contributed by atoms with Crippen LogP contribution in [0.25, 0.3) is 11.4 Å². The van der Waals surface area contributed by atoms with Gasteiger partial charge < -0.3 is 20.3 Å². The molecule has 18 heavy (non-hydrogen) atoms. The summed E-state index contributed by atoms with van der Waals surface area (Å²) < 4.78 is 10.3. The van der Waals surface area contributed by atoms with Crippen molar-refractivity contribution in [1.82, 2.24) is 10.1 Å². The minimum atomic E-state index is -0.211. The summed E-state index contributed by atoms with van der Waals surface area (Å²) in [4.78, 5) is 15.5. The van der Waals surface area contributed by atoms with Crippen molar-refractivity contribution in [3.8, 4) is 17.1 Å². The third-order valence-corrected chi connectivity index (χ3v) is 2.53. The molecule has 0 spiro atoms. The summed E-state index contributed by atoms with van der Waals surface area (Å²) in [6.07, 6.45) is 0. The average molecular weight is 246 g/mol. The summed E-state index contributed by atoms with van der Waals surface area (Å²) in [5.41, 5.74) is 6.61. The number of carbonyl (C=O) groups excluding carboxylic acids is 1. The van der Waals surface area contributed by atoms with E-state index in [4.69, 9.17) is 15.0 Å². The van der Waals surface area contributed by atoms with Crippen molar-refractivity contribution in [3.63, 3.8) is 0 Å². The van der Waals surface area contributed by atoms with Gasteiger partial charge in [-0.2, -0.15) is 4.98 Å². The van der Waals surface area contributed by atoms with Gasteiger partial charge in [0.1, 0.15) is 5.75 Å². The lowest BCUT2D eigenvalue weighted by Gasteiger charge is -2.19. The standard InChI is InChI=1S/C11H10N4O3/c12-4-9-14-11(15-18-9)6-2-1-3-7-10(6)13-8(16)5-17-7/h1-3H,4-5,12H2,(H,13,16). The Bertz CT molecular complexity index is 608. The topological polar surface area (TPSA) is 103 Å². The number of aromatic nitrogens is 2. The van der Waals surface area contributed by atoms with Gasteiger partial charge in [-0.15, -0.1) is 0 Å². The van der Waals surface area contributed by atoms with E-state index in [0.29, 0.717) is 28.7 Å². The molecule has 92 valence electrons. The molecular weight excluding hydrogens is 236 g/mol. The Labute approximate surface area is 102 Å². The van der Waals surface area contributed by atoms with Gasteiger partial charge in [0.15, 0.2) is 6.61 Å². The Kier molecular flexibility index (Phi) is 2.45. The lowest BCUT2D eigenvalue weighted by molar-refractivity contribution is -0.118. The van der Waals surface area contributed by atoms with E-state index in [1.807, 2.05) is 0 Å². The molecule has 1 amide bonds. The molecule has 0 atom stereocenters. The smallest absolute Gasteiger partial charge is 0.262 e. The van der Waals surface area contributed by atoms with Crippen LogP contribution in [-0.4, -0.2) is 22.7 Å². The van der Waals surface area contributed by atoms with Crippen LogP contribution in [0.4, 0.5) is 5.69 Å². The Hall–Kier alpha value is -2.41. The van der Waals surface area contributed by atoms with Crippen LogP contribution in [0.2, 0.25) is 0 Å². The van der Waals surface area contributed by atoms with Crippen LogP contribution in [0.15, 0.2) is 22.7 Å². The highest BCUT2D eigenvalue weighted by atomic mass is 16.5. The fourth-order valence-corrected chi connectivity index (χ4v) is 1.73. The Morgan fingerprint density at radius 1 is 1.44 bits per heavy atom. The summed E-state index contributed by atoms with van der Waals surface area (Å²) in [7, 11) is 0. The van der Waals surface area contributed by atoms with Gasteiger partial charge in [0.2, 0.25) is 11.7 Å². The molecule has 0 radical (unpaired) electrons. The molecule has 7 nitrogen and oxygen atoms in total. The van der Waals surface area contributed by atoms with Crippen molar-refractivity contribution < 1.29 is 14.1 Å². The number of nitrogens with zero attached hydrogens (tertiary/aromatic N) is 2. The predicted molar refractivity (Wildman–Crippen MR) is 61.8 cm³/mol. The van der Waals surface area contributed by atoms with E-state index < -0.39 is 0 Å².